The first-order valence-corrected chi connectivity index (χ1v) is 8.91. The van der Waals surface area contributed by atoms with E-state index in [2.05, 4.69) is 21.2 Å². The molecule has 132 valence electrons. The second kappa shape index (κ2) is 7.35. The van der Waals surface area contributed by atoms with Crippen LogP contribution in [0.25, 0.3) is 0 Å². The lowest BCUT2D eigenvalue weighted by atomic mass is 10.1. The average molecular weight is 405 g/mol. The van der Waals surface area contributed by atoms with Crippen molar-refractivity contribution in [3.05, 3.63) is 51.5 Å². The predicted molar refractivity (Wildman–Crippen MR) is 102 cm³/mol. The summed E-state index contributed by atoms with van der Waals surface area (Å²) in [6.45, 7) is 5.56. The van der Waals surface area contributed by atoms with Crippen molar-refractivity contribution in [2.75, 3.05) is 25.6 Å². The van der Waals surface area contributed by atoms with E-state index in [0.29, 0.717) is 19.8 Å². The average Bonchev–Trinajstić information content (AvgIpc) is 2.57. The number of rotatable bonds is 3. The zero-order valence-electron chi connectivity index (χ0n) is 14.6. The summed E-state index contributed by atoms with van der Waals surface area (Å²) in [6, 6.07) is 9.59. The number of urea groups is 1. The lowest BCUT2D eigenvalue weighted by molar-refractivity contribution is 0.171. The lowest BCUT2D eigenvalue weighted by Gasteiger charge is -2.22. The van der Waals surface area contributed by atoms with Crippen LogP contribution in [0.5, 0.6) is 11.5 Å². The van der Waals surface area contributed by atoms with Crippen LogP contribution in [0.15, 0.2) is 34.8 Å². The van der Waals surface area contributed by atoms with Crippen LogP contribution in [-0.2, 0) is 6.54 Å². The Bertz CT molecular complexity index is 784. The van der Waals surface area contributed by atoms with E-state index in [-0.39, 0.29) is 6.03 Å². The highest BCUT2D eigenvalue weighted by Gasteiger charge is 2.15. The van der Waals surface area contributed by atoms with E-state index in [0.717, 1.165) is 38.3 Å². The van der Waals surface area contributed by atoms with Crippen molar-refractivity contribution in [2.45, 2.75) is 20.4 Å². The van der Waals surface area contributed by atoms with Gasteiger partial charge in [0.15, 0.2) is 11.5 Å². The fraction of sp³-hybridized carbons (Fsp3) is 0.316. The van der Waals surface area contributed by atoms with Crippen LogP contribution in [0.1, 0.15) is 16.7 Å². The van der Waals surface area contributed by atoms with Crippen LogP contribution >= 0.6 is 15.9 Å². The third-order valence-corrected chi connectivity index (χ3v) is 4.56. The first-order valence-electron chi connectivity index (χ1n) is 8.11. The van der Waals surface area contributed by atoms with Gasteiger partial charge in [-0.25, -0.2) is 4.79 Å². The number of carbonyl (C=O) groups excluding carboxylic acids is 1. The van der Waals surface area contributed by atoms with Crippen molar-refractivity contribution in [3.63, 3.8) is 0 Å². The number of ether oxygens (including phenoxy) is 2. The summed E-state index contributed by atoms with van der Waals surface area (Å²) in [5.74, 6) is 1.49. The molecule has 1 N–H and O–H groups in total. The van der Waals surface area contributed by atoms with E-state index in [1.54, 1.807) is 11.9 Å². The molecule has 0 unspecified atom stereocenters. The molecule has 1 heterocycles. The highest BCUT2D eigenvalue weighted by molar-refractivity contribution is 9.10. The van der Waals surface area contributed by atoms with Gasteiger partial charge < -0.3 is 19.7 Å². The molecule has 0 atom stereocenters. The third kappa shape index (κ3) is 4.07. The molecule has 5 nitrogen and oxygen atoms in total. The Labute approximate surface area is 156 Å². The van der Waals surface area contributed by atoms with E-state index in [4.69, 9.17) is 9.47 Å². The molecule has 0 fully saturated rings. The molecule has 2 aromatic carbocycles. The van der Waals surface area contributed by atoms with Crippen molar-refractivity contribution in [3.8, 4) is 11.5 Å². The number of benzene rings is 2. The molecular formula is C19H21BrN2O3. The van der Waals surface area contributed by atoms with Crippen LogP contribution in [-0.4, -0.2) is 31.2 Å². The quantitative estimate of drug-likeness (QED) is 0.818. The van der Waals surface area contributed by atoms with Gasteiger partial charge in [-0.15, -0.1) is 0 Å². The number of carbonyl (C=O) groups is 1. The first kappa shape index (κ1) is 17.6. The van der Waals surface area contributed by atoms with Gasteiger partial charge in [-0.05, 0) is 54.8 Å². The predicted octanol–water partition coefficient (Wildman–Crippen LogP) is 4.50. The second-order valence-electron chi connectivity index (χ2n) is 6.18. The Morgan fingerprint density at radius 2 is 1.76 bits per heavy atom. The summed E-state index contributed by atoms with van der Waals surface area (Å²) in [6.07, 6.45) is 0. The van der Waals surface area contributed by atoms with E-state index in [1.165, 1.54) is 0 Å². The van der Waals surface area contributed by atoms with Crippen LogP contribution < -0.4 is 14.8 Å². The number of hydrogen-bond donors (Lipinski definition) is 1. The van der Waals surface area contributed by atoms with Crippen LogP contribution in [0.2, 0.25) is 0 Å². The molecule has 0 bridgehead atoms. The van der Waals surface area contributed by atoms with E-state index < -0.39 is 0 Å². The maximum absolute atomic E-state index is 12.5. The fourth-order valence-electron chi connectivity index (χ4n) is 2.84. The SMILES string of the molecule is Cc1cc(Br)cc(C)c1NC(=O)N(C)Cc1ccc2c(c1)OCCO2. The zero-order chi connectivity index (χ0) is 18.0. The van der Waals surface area contributed by atoms with Gasteiger partial charge in [0, 0.05) is 23.8 Å². The molecule has 6 heteroatoms. The maximum Gasteiger partial charge on any atom is 0.321 e. The fourth-order valence-corrected chi connectivity index (χ4v) is 3.53. The van der Waals surface area contributed by atoms with Gasteiger partial charge in [0.05, 0.1) is 0 Å². The van der Waals surface area contributed by atoms with Crippen LogP contribution in [0, 0.1) is 13.8 Å². The van der Waals surface area contributed by atoms with Gasteiger partial charge in [-0.1, -0.05) is 22.0 Å². The molecule has 0 saturated carbocycles. The number of halogens is 1. The highest BCUT2D eigenvalue weighted by atomic mass is 79.9. The van der Waals surface area contributed by atoms with Crippen molar-refractivity contribution in [1.82, 2.24) is 4.90 Å². The summed E-state index contributed by atoms with van der Waals surface area (Å²) < 4.78 is 12.1. The molecule has 0 radical (unpaired) electrons. The van der Waals surface area contributed by atoms with Crippen molar-refractivity contribution in [2.24, 2.45) is 0 Å². The maximum atomic E-state index is 12.5. The van der Waals surface area contributed by atoms with Crippen molar-refractivity contribution in [1.29, 1.82) is 0 Å². The van der Waals surface area contributed by atoms with E-state index in [9.17, 15) is 4.79 Å². The Morgan fingerprint density at radius 3 is 2.44 bits per heavy atom. The molecule has 2 amide bonds. The lowest BCUT2D eigenvalue weighted by Crippen LogP contribution is -2.31. The van der Waals surface area contributed by atoms with Gasteiger partial charge in [-0.2, -0.15) is 0 Å². The van der Waals surface area contributed by atoms with E-state index >= 15 is 0 Å². The number of nitrogens with zero attached hydrogens (tertiary/aromatic N) is 1. The molecule has 0 spiro atoms. The molecule has 0 saturated heterocycles. The van der Waals surface area contributed by atoms with Gasteiger partial charge in [0.1, 0.15) is 13.2 Å². The molecule has 0 aromatic heterocycles. The summed E-state index contributed by atoms with van der Waals surface area (Å²) >= 11 is 3.47. The van der Waals surface area contributed by atoms with Crippen LogP contribution in [0.3, 0.4) is 0 Å². The Hall–Kier alpha value is -2.21. The van der Waals surface area contributed by atoms with Crippen LogP contribution in [0.4, 0.5) is 10.5 Å². The number of anilines is 1. The van der Waals surface area contributed by atoms with Gasteiger partial charge in [0.2, 0.25) is 0 Å². The minimum Gasteiger partial charge on any atom is -0.486 e. The standard InChI is InChI=1S/C19H21BrN2O3/c1-12-8-15(20)9-13(2)18(12)21-19(23)22(3)11-14-4-5-16-17(10-14)25-7-6-24-16/h4-5,8-10H,6-7,11H2,1-3H3,(H,21,23). The number of hydrogen-bond acceptors (Lipinski definition) is 3. The molecule has 2 aromatic rings. The van der Waals surface area contributed by atoms with Gasteiger partial charge in [0.25, 0.3) is 0 Å². The first-order chi connectivity index (χ1) is 11.9. The monoisotopic (exact) mass is 404 g/mol. The highest BCUT2D eigenvalue weighted by Crippen LogP contribution is 2.31. The van der Waals surface area contributed by atoms with Crippen molar-refractivity contribution >= 4 is 27.6 Å². The van der Waals surface area contributed by atoms with Gasteiger partial charge in [-0.3, -0.25) is 0 Å². The number of amides is 2. The molecule has 25 heavy (non-hydrogen) atoms. The zero-order valence-corrected chi connectivity index (χ0v) is 16.1. The normalized spacial score (nSPS) is 12.6. The summed E-state index contributed by atoms with van der Waals surface area (Å²) in [4.78, 5) is 14.2. The van der Waals surface area contributed by atoms with Gasteiger partial charge >= 0.3 is 6.03 Å². The molecule has 3 rings (SSSR count). The molecule has 0 aliphatic carbocycles. The smallest absolute Gasteiger partial charge is 0.321 e. The topological polar surface area (TPSA) is 50.8 Å². The summed E-state index contributed by atoms with van der Waals surface area (Å²) in [7, 11) is 1.77. The molecular weight excluding hydrogens is 384 g/mol. The summed E-state index contributed by atoms with van der Waals surface area (Å²) in [5.41, 5.74) is 3.88. The Balaban J connectivity index is 1.69. The summed E-state index contributed by atoms with van der Waals surface area (Å²) in [5, 5.41) is 3.00. The molecule has 1 aliphatic heterocycles. The second-order valence-corrected chi connectivity index (χ2v) is 7.09. The van der Waals surface area contributed by atoms with E-state index in [1.807, 2.05) is 44.2 Å². The number of aryl methyl sites for hydroxylation is 2. The Morgan fingerprint density at radius 1 is 1.12 bits per heavy atom. The Kier molecular flexibility index (Phi) is 5.18. The minimum atomic E-state index is -0.150. The largest absolute Gasteiger partial charge is 0.486 e. The molecule has 1 aliphatic rings. The third-order valence-electron chi connectivity index (χ3n) is 4.10. The minimum absolute atomic E-state index is 0.150. The number of nitrogens with one attached hydrogen (secondary N) is 1. The van der Waals surface area contributed by atoms with Crippen molar-refractivity contribution < 1.29 is 14.3 Å². The number of fused-ring (bicyclic) bond motifs is 1.